The van der Waals surface area contributed by atoms with Crippen molar-refractivity contribution in [3.05, 3.63) is 128 Å². The van der Waals surface area contributed by atoms with Gasteiger partial charge in [0, 0.05) is 29.5 Å². The molecule has 10 nitrogen and oxygen atoms in total. The topological polar surface area (TPSA) is 137 Å². The maximum atomic E-state index is 14.1. The number of allylic oxidation sites excluding steroid dienone is 2. The fourth-order valence-corrected chi connectivity index (χ4v) is 6.75. The lowest BCUT2D eigenvalue weighted by molar-refractivity contribution is -0.394. The molecule has 0 amide bonds. The number of benzene rings is 3. The van der Waals surface area contributed by atoms with Crippen LogP contribution < -0.4 is 5.43 Å². The zero-order valence-electron chi connectivity index (χ0n) is 26.8. The number of ether oxygens (including phenoxy) is 1. The van der Waals surface area contributed by atoms with Crippen LogP contribution in [0.5, 0.6) is 0 Å². The Hall–Kier alpha value is -5.12. The van der Waals surface area contributed by atoms with Crippen LogP contribution in [0.25, 0.3) is 6.08 Å². The Morgan fingerprint density at radius 3 is 2.21 bits per heavy atom. The van der Waals surface area contributed by atoms with Gasteiger partial charge < -0.3 is 4.74 Å². The third-order valence-corrected chi connectivity index (χ3v) is 9.22. The molecule has 0 heterocycles. The van der Waals surface area contributed by atoms with E-state index in [1.807, 2.05) is 78.9 Å². The molecular formula is C37H40N4O6. The fraction of sp³-hybridized carbons (Fsp3) is 0.351. The Kier molecular flexibility index (Phi) is 10.6. The van der Waals surface area contributed by atoms with Gasteiger partial charge in [-0.1, -0.05) is 100 Å². The Morgan fingerprint density at radius 1 is 0.957 bits per heavy atom. The molecule has 0 radical (unpaired) electrons. The molecule has 2 aliphatic rings. The largest absolute Gasteiger partial charge is 0.459 e. The van der Waals surface area contributed by atoms with Crippen molar-refractivity contribution in [2.45, 2.75) is 58.5 Å². The van der Waals surface area contributed by atoms with Crippen molar-refractivity contribution in [2.24, 2.45) is 28.8 Å². The minimum Gasteiger partial charge on any atom is -0.459 e. The zero-order valence-corrected chi connectivity index (χ0v) is 26.8. The third-order valence-electron chi connectivity index (χ3n) is 9.22. The summed E-state index contributed by atoms with van der Waals surface area (Å²) in [5.74, 6) is 0.0695. The summed E-state index contributed by atoms with van der Waals surface area (Å²) in [4.78, 5) is 35.9. The number of esters is 1. The minimum absolute atomic E-state index is 0.0786. The van der Waals surface area contributed by atoms with E-state index in [2.05, 4.69) is 31.3 Å². The Morgan fingerprint density at radius 2 is 1.60 bits per heavy atom. The summed E-state index contributed by atoms with van der Waals surface area (Å²) in [6, 6.07) is 22.8. The van der Waals surface area contributed by atoms with E-state index in [1.54, 1.807) is 0 Å². The quantitative estimate of drug-likeness (QED) is 0.0961. The van der Waals surface area contributed by atoms with E-state index in [1.165, 1.54) is 12.1 Å². The van der Waals surface area contributed by atoms with Crippen LogP contribution in [0.1, 0.15) is 63.5 Å². The monoisotopic (exact) mass is 636 g/mol. The summed E-state index contributed by atoms with van der Waals surface area (Å²) in [5.41, 5.74) is 4.95. The van der Waals surface area contributed by atoms with Gasteiger partial charge in [0.05, 0.1) is 27.3 Å². The lowest BCUT2D eigenvalue weighted by atomic mass is 9.75. The molecule has 0 saturated heterocycles. The molecule has 3 aromatic rings. The number of anilines is 1. The van der Waals surface area contributed by atoms with Crippen LogP contribution in [-0.2, 0) is 9.53 Å². The van der Waals surface area contributed by atoms with Crippen LogP contribution in [-0.4, -0.2) is 27.6 Å². The number of non-ortho nitro benzene ring substituents is 2. The van der Waals surface area contributed by atoms with Crippen molar-refractivity contribution in [3.63, 3.8) is 0 Å². The molecule has 0 spiro atoms. The van der Waals surface area contributed by atoms with Gasteiger partial charge in [-0.15, -0.1) is 0 Å². The van der Waals surface area contributed by atoms with Gasteiger partial charge in [0.1, 0.15) is 6.10 Å². The second kappa shape index (κ2) is 15.0. The van der Waals surface area contributed by atoms with Crippen LogP contribution in [0.3, 0.4) is 0 Å². The molecule has 5 atom stereocenters. The van der Waals surface area contributed by atoms with E-state index in [0.29, 0.717) is 29.5 Å². The van der Waals surface area contributed by atoms with Crippen molar-refractivity contribution in [3.8, 4) is 0 Å². The molecule has 1 N–H and O–H groups in total. The van der Waals surface area contributed by atoms with Gasteiger partial charge in [0.2, 0.25) is 0 Å². The number of nitro groups is 2. The highest BCUT2D eigenvalue weighted by Gasteiger charge is 2.41. The SMILES string of the molecule is CC(C)[C@H]1CC[C@H](C)C[C@@H]1OC(=O)C1=CC[C@H](c2ccccc2)[C@H]1C(/C=C/c1ccccc1)=N/Nc1cc([N+](=O)[O-])cc([N+](=O)[O-])c1. The van der Waals surface area contributed by atoms with Gasteiger partial charge in [0.25, 0.3) is 11.4 Å². The number of nitrogens with zero attached hydrogens (tertiary/aromatic N) is 3. The van der Waals surface area contributed by atoms with Crippen molar-refractivity contribution < 1.29 is 19.4 Å². The molecule has 1 saturated carbocycles. The first kappa shape index (κ1) is 33.2. The Bertz CT molecular complexity index is 1650. The van der Waals surface area contributed by atoms with E-state index >= 15 is 0 Å². The van der Waals surface area contributed by atoms with Gasteiger partial charge in [-0.25, -0.2) is 4.79 Å². The average molecular weight is 637 g/mol. The number of hydrogen-bond acceptors (Lipinski definition) is 8. The van der Waals surface area contributed by atoms with Crippen molar-refractivity contribution >= 4 is 34.8 Å². The van der Waals surface area contributed by atoms with Crippen LogP contribution in [0.15, 0.2) is 102 Å². The molecule has 0 unspecified atom stereocenters. The maximum absolute atomic E-state index is 14.1. The smallest absolute Gasteiger partial charge is 0.334 e. The van der Waals surface area contributed by atoms with Crippen LogP contribution in [0.4, 0.5) is 17.1 Å². The Labute approximate surface area is 274 Å². The predicted octanol–water partition coefficient (Wildman–Crippen LogP) is 8.72. The molecular weight excluding hydrogens is 596 g/mol. The minimum atomic E-state index is -0.687. The van der Waals surface area contributed by atoms with Gasteiger partial charge in [-0.05, 0) is 54.2 Å². The second-order valence-electron chi connectivity index (χ2n) is 12.8. The van der Waals surface area contributed by atoms with Crippen LogP contribution >= 0.6 is 0 Å². The molecule has 0 bridgehead atoms. The number of nitro benzene ring substituents is 2. The first-order chi connectivity index (χ1) is 22.6. The molecule has 47 heavy (non-hydrogen) atoms. The molecule has 0 aromatic heterocycles. The molecule has 5 rings (SSSR count). The lowest BCUT2D eigenvalue weighted by Crippen LogP contribution is -2.37. The van der Waals surface area contributed by atoms with Gasteiger partial charge in [-0.3, -0.25) is 25.7 Å². The maximum Gasteiger partial charge on any atom is 0.334 e. The lowest BCUT2D eigenvalue weighted by Gasteiger charge is -2.37. The summed E-state index contributed by atoms with van der Waals surface area (Å²) in [6.45, 7) is 6.55. The van der Waals surface area contributed by atoms with Gasteiger partial charge in [-0.2, -0.15) is 5.10 Å². The average Bonchev–Trinajstić information content (AvgIpc) is 3.50. The van der Waals surface area contributed by atoms with E-state index in [-0.39, 0.29) is 29.6 Å². The normalized spacial score (nSPS) is 23.0. The van der Waals surface area contributed by atoms with E-state index < -0.39 is 27.1 Å². The molecule has 0 aliphatic heterocycles. The summed E-state index contributed by atoms with van der Waals surface area (Å²) in [6.07, 6.45) is 8.97. The van der Waals surface area contributed by atoms with E-state index in [0.717, 1.165) is 36.5 Å². The molecule has 2 aliphatic carbocycles. The van der Waals surface area contributed by atoms with Crippen molar-refractivity contribution in [1.29, 1.82) is 0 Å². The Balaban J connectivity index is 1.56. The summed E-state index contributed by atoms with van der Waals surface area (Å²) < 4.78 is 6.34. The highest BCUT2D eigenvalue weighted by Crippen LogP contribution is 2.43. The number of hydrazone groups is 1. The van der Waals surface area contributed by atoms with Crippen LogP contribution in [0.2, 0.25) is 0 Å². The zero-order chi connectivity index (χ0) is 33.5. The fourth-order valence-electron chi connectivity index (χ4n) is 6.75. The van der Waals surface area contributed by atoms with Crippen molar-refractivity contribution in [2.75, 3.05) is 5.43 Å². The number of carbonyl (C=O) groups is 1. The molecule has 1 fully saturated rings. The number of hydrogen-bond donors (Lipinski definition) is 1. The first-order valence-electron chi connectivity index (χ1n) is 16.1. The standard InChI is InChI=1S/C37H40N4O6/c1-24(2)31-16-14-25(3)20-35(31)47-37(42)33-18-17-32(27-12-8-5-9-13-27)36(33)34(19-15-26-10-6-4-7-11-26)39-38-28-21-29(40(43)44)23-30(22-28)41(45)46/h4-13,15,18-19,21-25,31-32,35-36,38H,14,16-17,20H2,1-3H3/b19-15+,39-34+/t25-,31+,32+,35-,36+/m0/s1. The van der Waals surface area contributed by atoms with Crippen LogP contribution in [0, 0.1) is 43.9 Å². The van der Waals surface area contributed by atoms with E-state index in [4.69, 9.17) is 4.74 Å². The highest BCUT2D eigenvalue weighted by atomic mass is 16.6. The van der Waals surface area contributed by atoms with Gasteiger partial charge in [0.15, 0.2) is 0 Å². The highest BCUT2D eigenvalue weighted by molar-refractivity contribution is 6.08. The number of carbonyl (C=O) groups excluding carboxylic acids is 1. The predicted molar refractivity (Wildman–Crippen MR) is 183 cm³/mol. The van der Waals surface area contributed by atoms with Gasteiger partial charge >= 0.3 is 5.97 Å². The second-order valence-corrected chi connectivity index (χ2v) is 12.8. The van der Waals surface area contributed by atoms with Crippen molar-refractivity contribution in [1.82, 2.24) is 0 Å². The van der Waals surface area contributed by atoms with E-state index in [9.17, 15) is 25.0 Å². The molecule has 3 aromatic carbocycles. The third kappa shape index (κ3) is 8.19. The molecule has 10 heteroatoms. The number of rotatable bonds is 11. The molecule has 244 valence electrons. The first-order valence-corrected chi connectivity index (χ1v) is 16.1. The summed E-state index contributed by atoms with van der Waals surface area (Å²) in [5, 5.41) is 27.8. The summed E-state index contributed by atoms with van der Waals surface area (Å²) in [7, 11) is 0. The summed E-state index contributed by atoms with van der Waals surface area (Å²) >= 11 is 0. The number of nitrogens with one attached hydrogen (secondary N) is 1.